The van der Waals surface area contributed by atoms with Crippen molar-refractivity contribution in [1.82, 2.24) is 20.2 Å². The quantitative estimate of drug-likeness (QED) is 0.562. The molecule has 3 aromatic carbocycles. The minimum absolute atomic E-state index is 0.0626. The summed E-state index contributed by atoms with van der Waals surface area (Å²) in [5.74, 6) is 0.463. The van der Waals surface area contributed by atoms with Crippen LogP contribution in [0.15, 0.2) is 60.9 Å². The van der Waals surface area contributed by atoms with Crippen LogP contribution < -0.4 is 10.1 Å². The van der Waals surface area contributed by atoms with Crippen LogP contribution in [0, 0.1) is 6.92 Å². The number of methoxy groups -OCH3 is 1. The van der Waals surface area contributed by atoms with Crippen molar-refractivity contribution < 1.29 is 9.53 Å². The Morgan fingerprint density at radius 3 is 2.59 bits per heavy atom. The summed E-state index contributed by atoms with van der Waals surface area (Å²) in [6.45, 7) is 3.86. The number of anilines is 1. The van der Waals surface area contributed by atoms with Crippen molar-refractivity contribution in [2.75, 3.05) is 12.4 Å². The monoisotopic (exact) mass is 387 g/mol. The number of amides is 1. The molecule has 1 N–H and O–H groups in total. The zero-order chi connectivity index (χ0) is 20.4. The maximum atomic E-state index is 12.8. The molecule has 0 spiro atoms. The third-order valence-corrected chi connectivity index (χ3v) is 5.02. The van der Waals surface area contributed by atoms with Gasteiger partial charge in [-0.2, -0.15) is 0 Å². The smallest absolute Gasteiger partial charge is 0.231 e. The Balaban J connectivity index is 1.52. The molecule has 0 bridgehead atoms. The van der Waals surface area contributed by atoms with Gasteiger partial charge in [0.15, 0.2) is 0 Å². The van der Waals surface area contributed by atoms with E-state index in [0.29, 0.717) is 0 Å². The van der Waals surface area contributed by atoms with Gasteiger partial charge in [0.1, 0.15) is 12.1 Å². The Morgan fingerprint density at radius 2 is 1.86 bits per heavy atom. The van der Waals surface area contributed by atoms with Gasteiger partial charge in [-0.1, -0.05) is 24.3 Å². The summed E-state index contributed by atoms with van der Waals surface area (Å²) in [6, 6.07) is 17.6. The van der Waals surface area contributed by atoms with Crippen LogP contribution in [0.1, 0.15) is 24.0 Å². The van der Waals surface area contributed by atoms with Crippen LogP contribution in [-0.4, -0.2) is 33.2 Å². The summed E-state index contributed by atoms with van der Waals surface area (Å²) >= 11 is 0. The minimum Gasteiger partial charge on any atom is -0.497 e. The molecule has 1 heterocycles. The highest BCUT2D eigenvalue weighted by atomic mass is 16.5. The number of rotatable bonds is 5. The van der Waals surface area contributed by atoms with E-state index in [9.17, 15) is 4.79 Å². The number of benzene rings is 3. The normalized spacial score (nSPS) is 12.0. The molecule has 7 heteroatoms. The minimum atomic E-state index is -0.291. The predicted molar refractivity (Wildman–Crippen MR) is 111 cm³/mol. The van der Waals surface area contributed by atoms with E-state index in [1.54, 1.807) is 11.8 Å². The molecule has 4 rings (SSSR count). The molecule has 0 aliphatic carbocycles. The van der Waals surface area contributed by atoms with Gasteiger partial charge in [-0.15, -0.1) is 5.10 Å². The Morgan fingerprint density at radius 1 is 1.07 bits per heavy atom. The van der Waals surface area contributed by atoms with Crippen LogP contribution >= 0.6 is 0 Å². The van der Waals surface area contributed by atoms with Gasteiger partial charge < -0.3 is 10.1 Å². The Kier molecular flexibility index (Phi) is 4.95. The van der Waals surface area contributed by atoms with Crippen LogP contribution in [0.5, 0.6) is 5.75 Å². The molecule has 7 nitrogen and oxygen atoms in total. The number of nitrogens with one attached hydrogen (secondary N) is 1. The Hall–Kier alpha value is -3.74. The number of carbonyl (C=O) groups excluding carboxylic acids is 1. The highest BCUT2D eigenvalue weighted by molar-refractivity contribution is 5.96. The van der Waals surface area contributed by atoms with E-state index in [2.05, 4.69) is 20.8 Å². The molecule has 4 aromatic rings. The summed E-state index contributed by atoms with van der Waals surface area (Å²) in [5, 5.41) is 16.4. The Bertz CT molecular complexity index is 1170. The molecule has 0 fully saturated rings. The number of hydrogen-bond donors (Lipinski definition) is 1. The second-order valence-electron chi connectivity index (χ2n) is 6.94. The third kappa shape index (κ3) is 3.80. The van der Waals surface area contributed by atoms with Crippen molar-refractivity contribution >= 4 is 22.4 Å². The van der Waals surface area contributed by atoms with E-state index in [1.165, 1.54) is 6.33 Å². The van der Waals surface area contributed by atoms with Gasteiger partial charge in [-0.25, -0.2) is 4.68 Å². The van der Waals surface area contributed by atoms with E-state index < -0.39 is 0 Å². The lowest BCUT2D eigenvalue weighted by Crippen LogP contribution is -2.19. The number of aromatic nitrogens is 4. The van der Waals surface area contributed by atoms with Crippen LogP contribution in [-0.2, 0) is 4.79 Å². The molecule has 146 valence electrons. The molecule has 29 heavy (non-hydrogen) atoms. The van der Waals surface area contributed by atoms with Gasteiger partial charge in [0, 0.05) is 5.69 Å². The number of carbonyl (C=O) groups is 1. The van der Waals surface area contributed by atoms with Crippen molar-refractivity contribution in [2.24, 2.45) is 0 Å². The van der Waals surface area contributed by atoms with E-state index >= 15 is 0 Å². The van der Waals surface area contributed by atoms with Crippen LogP contribution in [0.2, 0.25) is 0 Å². The fourth-order valence-electron chi connectivity index (χ4n) is 3.30. The summed E-state index contributed by atoms with van der Waals surface area (Å²) in [4.78, 5) is 12.8. The number of ether oxygens (including phenoxy) is 1. The molecule has 0 radical (unpaired) electrons. The SMILES string of the molecule is COc1ccc2cc([C@H](C)C(=O)Nc3ccc(-n4cnnn4)c(C)c3)ccc2c1. The van der Waals surface area contributed by atoms with Gasteiger partial charge in [-0.3, -0.25) is 4.79 Å². The zero-order valence-corrected chi connectivity index (χ0v) is 16.5. The number of aryl methyl sites for hydroxylation is 1. The molecule has 0 unspecified atom stereocenters. The molecular formula is C22H21N5O2. The van der Waals surface area contributed by atoms with Gasteiger partial charge in [-0.05, 0) is 76.5 Å². The van der Waals surface area contributed by atoms with Gasteiger partial charge in [0.05, 0.1) is 18.7 Å². The molecule has 1 atom stereocenters. The van der Waals surface area contributed by atoms with Crippen LogP contribution in [0.4, 0.5) is 5.69 Å². The van der Waals surface area contributed by atoms with Gasteiger partial charge in [0.25, 0.3) is 0 Å². The zero-order valence-electron chi connectivity index (χ0n) is 16.5. The second kappa shape index (κ2) is 7.71. The highest BCUT2D eigenvalue weighted by Crippen LogP contribution is 2.26. The summed E-state index contributed by atoms with van der Waals surface area (Å²) in [6.07, 6.45) is 1.54. The maximum absolute atomic E-state index is 12.8. The molecule has 1 amide bonds. The predicted octanol–water partition coefficient (Wildman–Crippen LogP) is 3.87. The first-order valence-corrected chi connectivity index (χ1v) is 9.28. The van der Waals surface area contributed by atoms with E-state index in [1.807, 2.05) is 68.4 Å². The third-order valence-electron chi connectivity index (χ3n) is 5.02. The van der Waals surface area contributed by atoms with Gasteiger partial charge >= 0.3 is 0 Å². The lowest BCUT2D eigenvalue weighted by atomic mass is 9.97. The van der Waals surface area contributed by atoms with Crippen molar-refractivity contribution in [2.45, 2.75) is 19.8 Å². The molecule has 0 aliphatic rings. The summed E-state index contributed by atoms with van der Waals surface area (Å²) in [7, 11) is 1.65. The number of hydrogen-bond acceptors (Lipinski definition) is 5. The first kappa shape index (κ1) is 18.6. The summed E-state index contributed by atoms with van der Waals surface area (Å²) < 4.78 is 6.86. The van der Waals surface area contributed by atoms with Crippen molar-refractivity contribution in [3.8, 4) is 11.4 Å². The van der Waals surface area contributed by atoms with Gasteiger partial charge in [0.2, 0.25) is 5.91 Å². The van der Waals surface area contributed by atoms with Crippen molar-refractivity contribution in [3.05, 3.63) is 72.1 Å². The standard InChI is InChI=1S/C22H21N5O2/c1-14-10-19(7-9-21(14)27-13-23-25-26-27)24-22(28)15(2)16-4-5-18-12-20(29-3)8-6-17(18)11-16/h4-13,15H,1-3H3,(H,24,28)/t15-/m0/s1. The van der Waals surface area contributed by atoms with E-state index in [0.717, 1.165) is 39.0 Å². The lowest BCUT2D eigenvalue weighted by Gasteiger charge is -2.15. The van der Waals surface area contributed by atoms with E-state index in [-0.39, 0.29) is 11.8 Å². The molecule has 0 aliphatic heterocycles. The second-order valence-corrected chi connectivity index (χ2v) is 6.94. The topological polar surface area (TPSA) is 81.9 Å². The summed E-state index contributed by atoms with van der Waals surface area (Å²) in [5.41, 5.74) is 3.53. The van der Waals surface area contributed by atoms with Crippen molar-refractivity contribution in [1.29, 1.82) is 0 Å². The lowest BCUT2D eigenvalue weighted by molar-refractivity contribution is -0.117. The number of fused-ring (bicyclic) bond motifs is 1. The van der Waals surface area contributed by atoms with Crippen molar-refractivity contribution in [3.63, 3.8) is 0 Å². The molecular weight excluding hydrogens is 366 g/mol. The Labute approximate surface area is 168 Å². The average molecular weight is 387 g/mol. The van der Waals surface area contributed by atoms with Crippen LogP contribution in [0.25, 0.3) is 16.5 Å². The fourth-order valence-corrected chi connectivity index (χ4v) is 3.30. The first-order valence-electron chi connectivity index (χ1n) is 9.28. The first-order chi connectivity index (χ1) is 14.0. The molecule has 0 saturated heterocycles. The highest BCUT2D eigenvalue weighted by Gasteiger charge is 2.16. The number of nitrogens with zero attached hydrogens (tertiary/aromatic N) is 4. The average Bonchev–Trinajstić information content (AvgIpc) is 3.27. The van der Waals surface area contributed by atoms with Crippen LogP contribution in [0.3, 0.4) is 0 Å². The fraction of sp³-hybridized carbons (Fsp3) is 0.182. The molecule has 0 saturated carbocycles. The number of tetrazole rings is 1. The maximum Gasteiger partial charge on any atom is 0.231 e. The largest absolute Gasteiger partial charge is 0.497 e. The van der Waals surface area contributed by atoms with E-state index in [4.69, 9.17) is 4.74 Å². The molecule has 1 aromatic heterocycles.